The summed E-state index contributed by atoms with van der Waals surface area (Å²) in [5.41, 5.74) is 3.06. The lowest BCUT2D eigenvalue weighted by Crippen LogP contribution is -2.40. The van der Waals surface area contributed by atoms with E-state index in [9.17, 15) is 13.9 Å². The van der Waals surface area contributed by atoms with Crippen molar-refractivity contribution in [1.29, 1.82) is 0 Å². The van der Waals surface area contributed by atoms with Crippen LogP contribution in [0.2, 0.25) is 0 Å². The minimum absolute atomic E-state index is 0. The molecule has 3 aromatic carbocycles. The summed E-state index contributed by atoms with van der Waals surface area (Å²) >= 11 is 0. The van der Waals surface area contributed by atoms with Crippen molar-refractivity contribution in [3.05, 3.63) is 83.9 Å². The third kappa shape index (κ3) is 5.99. The van der Waals surface area contributed by atoms with Crippen LogP contribution in [0.25, 0.3) is 22.2 Å². The highest BCUT2D eigenvalue weighted by atomic mass is 35.5. The van der Waals surface area contributed by atoms with Crippen molar-refractivity contribution < 1.29 is 23.1 Å². The Morgan fingerprint density at radius 2 is 1.66 bits per heavy atom. The van der Waals surface area contributed by atoms with Gasteiger partial charge in [0.15, 0.2) is 5.58 Å². The van der Waals surface area contributed by atoms with Crippen molar-refractivity contribution in [3.63, 3.8) is 0 Å². The van der Waals surface area contributed by atoms with Gasteiger partial charge in [0.2, 0.25) is 0 Å². The predicted octanol–water partition coefficient (Wildman–Crippen LogP) is 5.81. The summed E-state index contributed by atoms with van der Waals surface area (Å²) < 4.78 is 37.5. The number of fused-ring (bicyclic) bond motifs is 1. The summed E-state index contributed by atoms with van der Waals surface area (Å²) in [6.45, 7) is 2.53. The maximum absolute atomic E-state index is 13.4. The van der Waals surface area contributed by atoms with Crippen LogP contribution in [0.5, 0.6) is 5.75 Å². The molecule has 35 heavy (non-hydrogen) atoms. The molecule has 1 atom stereocenters. The molecule has 1 fully saturated rings. The molecule has 0 saturated carbocycles. The van der Waals surface area contributed by atoms with Gasteiger partial charge in [-0.2, -0.15) is 0 Å². The first-order valence-electron chi connectivity index (χ1n) is 11.5. The Hall–Kier alpha value is -3.00. The average molecular weight is 501 g/mol. The molecule has 0 aliphatic carbocycles. The molecule has 184 valence electrons. The molecule has 8 heteroatoms. The molecule has 0 unspecified atom stereocenters. The lowest BCUT2D eigenvalue weighted by molar-refractivity contribution is 0.0594. The molecule has 1 aromatic heterocycles. The minimum atomic E-state index is -0.601. The standard InChI is InChI=1S/C27H26F2N2O3.ClH/c28-21-5-1-18(2-6-21)19-11-13-31(14-12-19)16-23(32)17-33-24-8-3-20(4-9-24)27-25-10-7-22(29)15-26(25)34-30-27;/h1-10,15,19,23,32H,11-14,16-17H2;1H/t23-;/m0./s1. The zero-order valence-electron chi connectivity index (χ0n) is 19.1. The van der Waals surface area contributed by atoms with Gasteiger partial charge < -0.3 is 19.3 Å². The van der Waals surface area contributed by atoms with Gasteiger partial charge in [0.05, 0.1) is 0 Å². The van der Waals surface area contributed by atoms with Gasteiger partial charge in [-0.1, -0.05) is 17.3 Å². The smallest absolute Gasteiger partial charge is 0.170 e. The van der Waals surface area contributed by atoms with E-state index in [1.54, 1.807) is 6.07 Å². The van der Waals surface area contributed by atoms with E-state index in [0.717, 1.165) is 36.9 Å². The van der Waals surface area contributed by atoms with E-state index in [-0.39, 0.29) is 30.6 Å². The molecular weight excluding hydrogens is 474 g/mol. The fourth-order valence-electron chi connectivity index (χ4n) is 4.56. The highest BCUT2D eigenvalue weighted by Gasteiger charge is 2.22. The van der Waals surface area contributed by atoms with Crippen LogP contribution in [0.3, 0.4) is 0 Å². The number of rotatable bonds is 7. The average Bonchev–Trinajstić information content (AvgIpc) is 3.27. The van der Waals surface area contributed by atoms with Gasteiger partial charge in [-0.05, 0) is 85.9 Å². The number of likely N-dealkylation sites (tertiary alicyclic amines) is 1. The van der Waals surface area contributed by atoms with Crippen LogP contribution in [0.1, 0.15) is 24.3 Å². The molecule has 1 aliphatic rings. The maximum atomic E-state index is 13.4. The molecule has 0 radical (unpaired) electrons. The predicted molar refractivity (Wildman–Crippen MR) is 133 cm³/mol. The van der Waals surface area contributed by atoms with E-state index in [0.29, 0.717) is 29.5 Å². The van der Waals surface area contributed by atoms with Crippen LogP contribution < -0.4 is 4.74 Å². The van der Waals surface area contributed by atoms with Crippen LogP contribution in [0, 0.1) is 11.6 Å². The Morgan fingerprint density at radius 3 is 2.37 bits per heavy atom. The number of hydrogen-bond donors (Lipinski definition) is 1. The second-order valence-corrected chi connectivity index (χ2v) is 8.79. The van der Waals surface area contributed by atoms with Gasteiger partial charge in [-0.25, -0.2) is 8.78 Å². The number of aliphatic hydroxyl groups is 1. The Morgan fingerprint density at radius 1 is 0.971 bits per heavy atom. The molecule has 0 bridgehead atoms. The molecule has 4 aromatic rings. The van der Waals surface area contributed by atoms with E-state index < -0.39 is 6.10 Å². The highest BCUT2D eigenvalue weighted by molar-refractivity contribution is 5.91. The fraction of sp³-hybridized carbons (Fsp3) is 0.296. The molecular formula is C27H27ClF2N2O3. The number of β-amino-alcohol motifs (C(OH)–C–C–N with tert-alkyl or cyclic N) is 1. The van der Waals surface area contributed by atoms with Gasteiger partial charge in [0, 0.05) is 23.6 Å². The molecule has 1 saturated heterocycles. The largest absolute Gasteiger partial charge is 0.491 e. The number of benzene rings is 3. The second kappa shape index (κ2) is 11.2. The van der Waals surface area contributed by atoms with Gasteiger partial charge >= 0.3 is 0 Å². The van der Waals surface area contributed by atoms with Crippen LogP contribution in [-0.4, -0.2) is 47.5 Å². The summed E-state index contributed by atoms with van der Waals surface area (Å²) in [6, 6.07) is 18.5. The van der Waals surface area contributed by atoms with E-state index in [1.165, 1.54) is 29.8 Å². The Balaban J connectivity index is 0.00000289. The van der Waals surface area contributed by atoms with Crippen molar-refractivity contribution in [1.82, 2.24) is 10.1 Å². The third-order valence-corrected chi connectivity index (χ3v) is 6.40. The second-order valence-electron chi connectivity index (χ2n) is 8.79. The van der Waals surface area contributed by atoms with E-state index in [1.807, 2.05) is 36.4 Å². The van der Waals surface area contributed by atoms with Gasteiger partial charge in [0.1, 0.15) is 35.8 Å². The van der Waals surface area contributed by atoms with Crippen molar-refractivity contribution in [2.45, 2.75) is 24.9 Å². The number of piperidine rings is 1. The number of nitrogens with zero attached hydrogens (tertiary/aromatic N) is 2. The lowest BCUT2D eigenvalue weighted by Gasteiger charge is -2.33. The van der Waals surface area contributed by atoms with Gasteiger partial charge in [0.25, 0.3) is 0 Å². The number of halogens is 3. The quantitative estimate of drug-likeness (QED) is 0.347. The Labute approximate surface area is 208 Å². The first-order chi connectivity index (χ1) is 16.5. The van der Waals surface area contributed by atoms with Crippen LogP contribution in [0.15, 0.2) is 71.3 Å². The van der Waals surface area contributed by atoms with Crippen molar-refractivity contribution in [2.24, 2.45) is 0 Å². The molecule has 1 N–H and O–H groups in total. The summed E-state index contributed by atoms with van der Waals surface area (Å²) in [6.07, 6.45) is 1.38. The van der Waals surface area contributed by atoms with Crippen LogP contribution in [0.4, 0.5) is 8.78 Å². The Kier molecular flexibility index (Phi) is 8.00. The number of aliphatic hydroxyl groups excluding tert-OH is 1. The zero-order valence-corrected chi connectivity index (χ0v) is 19.9. The Bertz CT molecular complexity index is 1240. The number of aromatic nitrogens is 1. The SMILES string of the molecule is Cl.O[C@H](COc1ccc(-c2noc3cc(F)ccc23)cc1)CN1CCC(c2ccc(F)cc2)CC1. The zero-order chi connectivity index (χ0) is 23.5. The lowest BCUT2D eigenvalue weighted by atomic mass is 9.89. The summed E-state index contributed by atoms with van der Waals surface area (Å²) in [7, 11) is 0. The fourth-order valence-corrected chi connectivity index (χ4v) is 4.56. The molecule has 0 spiro atoms. The highest BCUT2D eigenvalue weighted by Crippen LogP contribution is 2.30. The van der Waals surface area contributed by atoms with E-state index in [4.69, 9.17) is 9.26 Å². The van der Waals surface area contributed by atoms with Gasteiger partial charge in [-0.15, -0.1) is 12.4 Å². The number of ether oxygens (including phenoxy) is 1. The maximum Gasteiger partial charge on any atom is 0.170 e. The third-order valence-electron chi connectivity index (χ3n) is 6.40. The van der Waals surface area contributed by atoms with E-state index in [2.05, 4.69) is 10.1 Å². The van der Waals surface area contributed by atoms with Crippen molar-refractivity contribution in [2.75, 3.05) is 26.2 Å². The summed E-state index contributed by atoms with van der Waals surface area (Å²) in [5, 5.41) is 15.3. The summed E-state index contributed by atoms with van der Waals surface area (Å²) in [4.78, 5) is 2.25. The topological polar surface area (TPSA) is 58.7 Å². The van der Waals surface area contributed by atoms with Crippen LogP contribution >= 0.6 is 12.4 Å². The number of hydrogen-bond acceptors (Lipinski definition) is 5. The van der Waals surface area contributed by atoms with Crippen LogP contribution in [-0.2, 0) is 0 Å². The van der Waals surface area contributed by atoms with Crippen molar-refractivity contribution >= 4 is 23.4 Å². The first kappa shape index (κ1) is 25.1. The first-order valence-corrected chi connectivity index (χ1v) is 11.5. The molecule has 0 amide bonds. The molecule has 5 nitrogen and oxygen atoms in total. The van der Waals surface area contributed by atoms with Gasteiger partial charge in [-0.3, -0.25) is 0 Å². The minimum Gasteiger partial charge on any atom is -0.491 e. The normalized spacial score (nSPS) is 15.6. The van der Waals surface area contributed by atoms with Crippen molar-refractivity contribution in [3.8, 4) is 17.0 Å². The molecule has 2 heterocycles. The van der Waals surface area contributed by atoms with E-state index >= 15 is 0 Å². The summed E-state index contributed by atoms with van der Waals surface area (Å²) in [5.74, 6) is 0.512. The molecule has 1 aliphatic heterocycles. The molecule has 5 rings (SSSR count). The monoisotopic (exact) mass is 500 g/mol.